The van der Waals surface area contributed by atoms with Gasteiger partial charge in [0.1, 0.15) is 0 Å². The molecule has 0 radical (unpaired) electrons. The van der Waals surface area contributed by atoms with Crippen molar-refractivity contribution in [3.63, 3.8) is 0 Å². The molecule has 3 aromatic carbocycles. The summed E-state index contributed by atoms with van der Waals surface area (Å²) in [4.78, 5) is 13.7. The Morgan fingerprint density at radius 3 is 1.90 bits per heavy atom. The van der Waals surface area contributed by atoms with Gasteiger partial charge in [-0.25, -0.2) is 0 Å². The number of methoxy groups -OCH3 is 4. The van der Waals surface area contributed by atoms with Crippen molar-refractivity contribution in [1.82, 2.24) is 0 Å². The standard InChI is InChI=1S/C24H23BrO5/c1-27-19-11-9-15(13-21(19)29-3)23(17-7-5-6-8-18(17)25)24(26)16-10-12-20(28-2)22(14-16)30-4/h5-14,23H,1-4H3. The molecule has 0 heterocycles. The highest BCUT2D eigenvalue weighted by Gasteiger charge is 2.27. The Morgan fingerprint density at radius 2 is 1.30 bits per heavy atom. The first-order valence-electron chi connectivity index (χ1n) is 9.26. The monoisotopic (exact) mass is 470 g/mol. The molecule has 0 spiro atoms. The molecule has 0 saturated carbocycles. The molecule has 0 amide bonds. The van der Waals surface area contributed by atoms with Crippen molar-refractivity contribution < 1.29 is 23.7 Å². The van der Waals surface area contributed by atoms with Crippen LogP contribution in [0.25, 0.3) is 0 Å². The summed E-state index contributed by atoms with van der Waals surface area (Å²) in [6, 6.07) is 18.4. The minimum absolute atomic E-state index is 0.0740. The van der Waals surface area contributed by atoms with Crippen LogP contribution in [0.2, 0.25) is 0 Å². The predicted octanol–water partition coefficient (Wildman–Crippen LogP) is 5.50. The van der Waals surface area contributed by atoms with Crippen molar-refractivity contribution in [1.29, 1.82) is 0 Å². The third-order valence-corrected chi connectivity index (χ3v) is 5.61. The van der Waals surface area contributed by atoms with E-state index < -0.39 is 5.92 Å². The fraction of sp³-hybridized carbons (Fsp3) is 0.208. The molecule has 0 bridgehead atoms. The Balaban J connectivity index is 2.16. The number of ether oxygens (including phenoxy) is 4. The van der Waals surface area contributed by atoms with Gasteiger partial charge in [0.05, 0.1) is 34.4 Å². The number of halogens is 1. The maximum atomic E-state index is 13.7. The first kappa shape index (κ1) is 21.7. The second-order valence-electron chi connectivity index (χ2n) is 6.50. The minimum atomic E-state index is -0.557. The number of carbonyl (C=O) groups excluding carboxylic acids is 1. The van der Waals surface area contributed by atoms with Gasteiger partial charge in [0.2, 0.25) is 0 Å². The zero-order chi connectivity index (χ0) is 21.7. The van der Waals surface area contributed by atoms with Crippen molar-refractivity contribution in [2.45, 2.75) is 5.92 Å². The average molecular weight is 471 g/mol. The van der Waals surface area contributed by atoms with E-state index in [1.165, 1.54) is 0 Å². The summed E-state index contributed by atoms with van der Waals surface area (Å²) in [5.41, 5.74) is 2.16. The van der Waals surface area contributed by atoms with E-state index in [4.69, 9.17) is 18.9 Å². The predicted molar refractivity (Wildman–Crippen MR) is 119 cm³/mol. The number of hydrogen-bond acceptors (Lipinski definition) is 5. The highest BCUT2D eigenvalue weighted by Crippen LogP contribution is 2.38. The number of carbonyl (C=O) groups is 1. The van der Waals surface area contributed by atoms with Gasteiger partial charge in [0.25, 0.3) is 0 Å². The van der Waals surface area contributed by atoms with Crippen molar-refractivity contribution in [2.24, 2.45) is 0 Å². The summed E-state index contributed by atoms with van der Waals surface area (Å²) in [6.45, 7) is 0. The maximum Gasteiger partial charge on any atom is 0.174 e. The van der Waals surface area contributed by atoms with Crippen LogP contribution >= 0.6 is 15.9 Å². The fourth-order valence-corrected chi connectivity index (χ4v) is 3.88. The number of hydrogen-bond donors (Lipinski definition) is 0. The largest absolute Gasteiger partial charge is 0.493 e. The summed E-state index contributed by atoms with van der Waals surface area (Å²) in [5, 5.41) is 0. The Kier molecular flexibility index (Phi) is 7.00. The van der Waals surface area contributed by atoms with E-state index in [9.17, 15) is 4.79 Å². The Labute approximate surface area is 184 Å². The molecule has 0 aliphatic carbocycles. The molecule has 3 rings (SSSR count). The molecular formula is C24H23BrO5. The number of benzene rings is 3. The van der Waals surface area contributed by atoms with E-state index in [0.717, 1.165) is 15.6 Å². The van der Waals surface area contributed by atoms with E-state index in [1.54, 1.807) is 52.7 Å². The number of Topliss-reactive ketones (excluding diaryl/α,β-unsaturated/α-hetero) is 1. The van der Waals surface area contributed by atoms with Gasteiger partial charge >= 0.3 is 0 Å². The third kappa shape index (κ3) is 4.28. The van der Waals surface area contributed by atoms with E-state index >= 15 is 0 Å². The van der Waals surface area contributed by atoms with Gasteiger partial charge in [-0.2, -0.15) is 0 Å². The lowest BCUT2D eigenvalue weighted by Crippen LogP contribution is -2.15. The lowest BCUT2D eigenvalue weighted by molar-refractivity contribution is 0.0973. The number of ketones is 1. The van der Waals surface area contributed by atoms with Gasteiger partial charge in [-0.05, 0) is 47.5 Å². The van der Waals surface area contributed by atoms with Crippen molar-refractivity contribution in [3.8, 4) is 23.0 Å². The third-order valence-electron chi connectivity index (χ3n) is 4.89. The lowest BCUT2D eigenvalue weighted by atomic mass is 9.84. The lowest BCUT2D eigenvalue weighted by Gasteiger charge is -2.20. The molecule has 0 fully saturated rings. The quantitative estimate of drug-likeness (QED) is 0.407. The van der Waals surface area contributed by atoms with E-state index in [2.05, 4.69) is 15.9 Å². The van der Waals surface area contributed by atoms with Gasteiger partial charge in [-0.3, -0.25) is 4.79 Å². The maximum absolute atomic E-state index is 13.7. The zero-order valence-corrected chi connectivity index (χ0v) is 18.9. The molecule has 3 aromatic rings. The zero-order valence-electron chi connectivity index (χ0n) is 17.3. The van der Waals surface area contributed by atoms with E-state index in [1.807, 2.05) is 36.4 Å². The highest BCUT2D eigenvalue weighted by atomic mass is 79.9. The van der Waals surface area contributed by atoms with Crippen LogP contribution in [0.1, 0.15) is 27.4 Å². The normalized spacial score (nSPS) is 11.5. The molecule has 156 valence electrons. The Hall–Kier alpha value is -2.99. The Morgan fingerprint density at radius 1 is 0.733 bits per heavy atom. The molecule has 0 N–H and O–H groups in total. The van der Waals surface area contributed by atoms with Crippen LogP contribution in [0.3, 0.4) is 0 Å². The van der Waals surface area contributed by atoms with Crippen LogP contribution in [-0.2, 0) is 0 Å². The molecule has 0 aliphatic rings. The number of rotatable bonds is 8. The summed E-state index contributed by atoms with van der Waals surface area (Å²) in [6.07, 6.45) is 0. The molecule has 0 saturated heterocycles. The molecular weight excluding hydrogens is 448 g/mol. The SMILES string of the molecule is COc1ccc(C(=O)C(c2ccc(OC)c(OC)c2)c2ccccc2Br)cc1OC. The molecule has 0 aromatic heterocycles. The van der Waals surface area contributed by atoms with Gasteiger partial charge in [-0.1, -0.05) is 40.2 Å². The van der Waals surface area contributed by atoms with Gasteiger partial charge in [-0.15, -0.1) is 0 Å². The molecule has 6 heteroatoms. The molecule has 5 nitrogen and oxygen atoms in total. The van der Waals surface area contributed by atoms with E-state index in [0.29, 0.717) is 28.6 Å². The fourth-order valence-electron chi connectivity index (χ4n) is 3.37. The molecule has 1 atom stereocenters. The minimum Gasteiger partial charge on any atom is -0.493 e. The van der Waals surface area contributed by atoms with E-state index in [-0.39, 0.29) is 5.78 Å². The van der Waals surface area contributed by atoms with Crippen LogP contribution in [-0.4, -0.2) is 34.2 Å². The Bertz CT molecular complexity index is 1050. The second kappa shape index (κ2) is 9.67. The highest BCUT2D eigenvalue weighted by molar-refractivity contribution is 9.10. The second-order valence-corrected chi connectivity index (χ2v) is 7.36. The summed E-state index contributed by atoms with van der Waals surface area (Å²) >= 11 is 3.60. The topological polar surface area (TPSA) is 54.0 Å². The first-order valence-corrected chi connectivity index (χ1v) is 10.1. The van der Waals surface area contributed by atoms with Gasteiger partial charge in [0, 0.05) is 10.0 Å². The van der Waals surface area contributed by atoms with Crippen LogP contribution in [0.5, 0.6) is 23.0 Å². The molecule has 1 unspecified atom stereocenters. The molecule has 0 aliphatic heterocycles. The van der Waals surface area contributed by atoms with Crippen molar-refractivity contribution in [3.05, 3.63) is 81.8 Å². The summed E-state index contributed by atoms with van der Waals surface area (Å²) in [5.74, 6) is 1.60. The van der Waals surface area contributed by atoms with Crippen LogP contribution < -0.4 is 18.9 Å². The van der Waals surface area contributed by atoms with Gasteiger partial charge in [0.15, 0.2) is 28.8 Å². The summed E-state index contributed by atoms with van der Waals surface area (Å²) < 4.78 is 22.3. The van der Waals surface area contributed by atoms with Crippen LogP contribution in [0.15, 0.2) is 65.1 Å². The van der Waals surface area contributed by atoms with Crippen molar-refractivity contribution in [2.75, 3.05) is 28.4 Å². The van der Waals surface area contributed by atoms with Crippen molar-refractivity contribution >= 4 is 21.7 Å². The van der Waals surface area contributed by atoms with Gasteiger partial charge < -0.3 is 18.9 Å². The summed E-state index contributed by atoms with van der Waals surface area (Å²) in [7, 11) is 6.27. The first-order chi connectivity index (χ1) is 14.5. The van der Waals surface area contributed by atoms with Crippen LogP contribution in [0, 0.1) is 0 Å². The van der Waals surface area contributed by atoms with Crippen LogP contribution in [0.4, 0.5) is 0 Å². The smallest absolute Gasteiger partial charge is 0.174 e. The average Bonchev–Trinajstić information content (AvgIpc) is 2.79. The molecule has 30 heavy (non-hydrogen) atoms.